The maximum absolute atomic E-state index is 2.55. The molecule has 2 aliphatic rings. The van der Waals surface area contributed by atoms with Gasteiger partial charge in [-0.2, -0.15) is 0 Å². The maximum Gasteiger partial charge on any atom is 0.0541 e. The Hall–Kier alpha value is -5.60. The zero-order valence-corrected chi connectivity index (χ0v) is 29.8. The summed E-state index contributed by atoms with van der Waals surface area (Å²) >= 11 is 0. The van der Waals surface area contributed by atoms with Crippen molar-refractivity contribution in [3.63, 3.8) is 0 Å². The number of hydrogen-bond donors (Lipinski definition) is 0. The minimum absolute atomic E-state index is 0.0950. The molecule has 1 aliphatic carbocycles. The predicted octanol–water partition coefficient (Wildman–Crippen LogP) is 13.3. The molecule has 7 aromatic carbocycles. The molecule has 50 heavy (non-hydrogen) atoms. The Morgan fingerprint density at radius 1 is 0.420 bits per heavy atom. The number of aryl methyl sites for hydroxylation is 2. The van der Waals surface area contributed by atoms with Crippen molar-refractivity contribution >= 4 is 44.9 Å². The van der Waals surface area contributed by atoms with E-state index in [9.17, 15) is 0 Å². The van der Waals surface area contributed by atoms with Crippen molar-refractivity contribution in [2.45, 2.75) is 52.4 Å². The van der Waals surface area contributed by atoms with E-state index in [0.717, 1.165) is 17.1 Å². The Balaban J connectivity index is 1.30. The molecule has 0 amide bonds. The van der Waals surface area contributed by atoms with Crippen molar-refractivity contribution in [2.24, 2.45) is 0 Å². The maximum atomic E-state index is 2.55. The van der Waals surface area contributed by atoms with E-state index in [2.05, 4.69) is 197 Å². The van der Waals surface area contributed by atoms with E-state index in [1.54, 1.807) is 0 Å². The minimum Gasteiger partial charge on any atom is -0.310 e. The van der Waals surface area contributed by atoms with E-state index in [1.165, 1.54) is 72.3 Å². The second-order valence-electron chi connectivity index (χ2n) is 15.2. The first kappa shape index (κ1) is 30.5. The fraction of sp³-hybridized carbons (Fsp3) is 0.167. The predicted molar refractivity (Wildman–Crippen MR) is 212 cm³/mol. The number of para-hydroxylation sites is 1. The van der Waals surface area contributed by atoms with E-state index < -0.39 is 0 Å². The molecule has 1 heterocycles. The summed E-state index contributed by atoms with van der Waals surface area (Å²) in [6.07, 6.45) is 0. The molecule has 0 fully saturated rings. The van der Waals surface area contributed by atoms with Gasteiger partial charge in [-0.15, -0.1) is 0 Å². The van der Waals surface area contributed by atoms with Gasteiger partial charge in [0.05, 0.1) is 22.7 Å². The number of fused-ring (bicyclic) bond motifs is 6. The van der Waals surface area contributed by atoms with Gasteiger partial charge in [0, 0.05) is 33.0 Å². The summed E-state index contributed by atoms with van der Waals surface area (Å²) in [6, 6.07) is 54.4. The van der Waals surface area contributed by atoms with Crippen LogP contribution in [0.4, 0.5) is 34.1 Å². The van der Waals surface area contributed by atoms with Gasteiger partial charge in [0.25, 0.3) is 0 Å². The minimum atomic E-state index is -0.178. The molecule has 1 aliphatic heterocycles. The van der Waals surface area contributed by atoms with Crippen LogP contribution in [0.1, 0.15) is 61.1 Å². The fourth-order valence-electron chi connectivity index (χ4n) is 8.64. The van der Waals surface area contributed by atoms with E-state index in [0.29, 0.717) is 0 Å². The Labute approximate surface area is 296 Å². The fourth-order valence-corrected chi connectivity index (χ4v) is 8.64. The van der Waals surface area contributed by atoms with Crippen LogP contribution in [-0.2, 0) is 10.8 Å². The van der Waals surface area contributed by atoms with E-state index in [1.807, 2.05) is 0 Å². The average molecular weight is 647 g/mol. The van der Waals surface area contributed by atoms with Crippen molar-refractivity contribution in [2.75, 3.05) is 9.80 Å². The first-order valence-electron chi connectivity index (χ1n) is 17.8. The van der Waals surface area contributed by atoms with Crippen molar-refractivity contribution in [1.29, 1.82) is 0 Å². The molecular weight excluding hydrogens is 605 g/mol. The SMILES string of the molecule is Cc1ccc(N(c2ccc(C)cc2)c2cccc3c(N4c5ccccc5C(C)(C)c5cc6c(cc54)C(C)(C)c4ccccc4-6)cccc23)cc1. The third-order valence-electron chi connectivity index (χ3n) is 11.4. The van der Waals surface area contributed by atoms with E-state index in [4.69, 9.17) is 0 Å². The molecule has 2 nitrogen and oxygen atoms in total. The third kappa shape index (κ3) is 4.41. The third-order valence-corrected chi connectivity index (χ3v) is 11.4. The van der Waals surface area contributed by atoms with Crippen LogP contribution in [0.15, 0.2) is 146 Å². The molecule has 9 rings (SSSR count). The molecule has 0 radical (unpaired) electrons. The van der Waals surface area contributed by atoms with Crippen molar-refractivity contribution in [1.82, 2.24) is 0 Å². The van der Waals surface area contributed by atoms with Crippen LogP contribution >= 0.6 is 0 Å². The summed E-state index contributed by atoms with van der Waals surface area (Å²) < 4.78 is 0. The normalized spacial score (nSPS) is 14.9. The van der Waals surface area contributed by atoms with E-state index >= 15 is 0 Å². The Bertz CT molecular complexity index is 2400. The number of benzene rings is 7. The van der Waals surface area contributed by atoms with Crippen LogP contribution < -0.4 is 9.80 Å². The highest BCUT2D eigenvalue weighted by atomic mass is 15.2. The molecule has 0 bridgehead atoms. The molecule has 244 valence electrons. The largest absolute Gasteiger partial charge is 0.310 e. The summed E-state index contributed by atoms with van der Waals surface area (Å²) in [5.74, 6) is 0. The molecule has 0 atom stereocenters. The Morgan fingerprint density at radius 3 is 1.68 bits per heavy atom. The Morgan fingerprint density at radius 2 is 0.980 bits per heavy atom. The highest BCUT2D eigenvalue weighted by molar-refractivity contribution is 6.08. The second-order valence-corrected chi connectivity index (χ2v) is 15.2. The van der Waals surface area contributed by atoms with Crippen molar-refractivity contribution in [3.05, 3.63) is 179 Å². The molecule has 7 aromatic rings. The summed E-state index contributed by atoms with van der Waals surface area (Å²) in [7, 11) is 0. The lowest BCUT2D eigenvalue weighted by Gasteiger charge is -2.43. The standard InChI is InChI=1S/C48H42N2/c1-31-21-25-33(26-22-31)49(34-27-23-32(2)24-28-34)43-19-11-15-37-36(43)14-12-20-44(37)50-45-18-10-9-17-40(45)48(5,6)42-29-38-35-13-7-8-16-39(35)47(3,4)41(38)30-46(42)50/h7-30H,1-6H3. The quantitative estimate of drug-likeness (QED) is 0.188. The number of hydrogen-bond acceptors (Lipinski definition) is 2. The zero-order valence-electron chi connectivity index (χ0n) is 29.8. The summed E-state index contributed by atoms with van der Waals surface area (Å²) in [5, 5.41) is 2.43. The number of anilines is 6. The van der Waals surface area contributed by atoms with Crippen molar-refractivity contribution < 1.29 is 0 Å². The van der Waals surface area contributed by atoms with Gasteiger partial charge in [-0.25, -0.2) is 0 Å². The van der Waals surface area contributed by atoms with Crippen LogP contribution in [0.25, 0.3) is 21.9 Å². The highest BCUT2D eigenvalue weighted by Crippen LogP contribution is 2.58. The van der Waals surface area contributed by atoms with E-state index in [-0.39, 0.29) is 10.8 Å². The molecule has 0 spiro atoms. The van der Waals surface area contributed by atoms with Gasteiger partial charge in [0.15, 0.2) is 0 Å². The lowest BCUT2D eigenvalue weighted by Crippen LogP contribution is -2.31. The lowest BCUT2D eigenvalue weighted by molar-refractivity contribution is 0.627. The first-order valence-corrected chi connectivity index (χ1v) is 17.8. The van der Waals surface area contributed by atoms with Crippen LogP contribution in [0.5, 0.6) is 0 Å². The summed E-state index contributed by atoms with van der Waals surface area (Å²) in [5.41, 5.74) is 17.6. The summed E-state index contributed by atoms with van der Waals surface area (Å²) in [4.78, 5) is 4.95. The monoisotopic (exact) mass is 646 g/mol. The van der Waals surface area contributed by atoms with Gasteiger partial charge < -0.3 is 9.80 Å². The molecule has 0 saturated carbocycles. The highest BCUT2D eigenvalue weighted by Gasteiger charge is 2.42. The first-order chi connectivity index (χ1) is 24.1. The van der Waals surface area contributed by atoms with Gasteiger partial charge in [0.1, 0.15) is 0 Å². The summed E-state index contributed by atoms with van der Waals surface area (Å²) in [6.45, 7) is 13.8. The molecule has 0 N–H and O–H groups in total. The molecule has 0 saturated heterocycles. The number of rotatable bonds is 4. The van der Waals surface area contributed by atoms with Gasteiger partial charge in [-0.05, 0) is 102 Å². The van der Waals surface area contributed by atoms with Crippen LogP contribution in [0.2, 0.25) is 0 Å². The van der Waals surface area contributed by atoms with Gasteiger partial charge >= 0.3 is 0 Å². The van der Waals surface area contributed by atoms with Crippen LogP contribution in [0, 0.1) is 13.8 Å². The molecule has 2 heteroatoms. The topological polar surface area (TPSA) is 6.48 Å². The number of nitrogens with zero attached hydrogens (tertiary/aromatic N) is 2. The van der Waals surface area contributed by atoms with Crippen LogP contribution in [-0.4, -0.2) is 0 Å². The second kappa shape index (κ2) is 11.0. The lowest BCUT2D eigenvalue weighted by atomic mass is 9.71. The Kier molecular flexibility index (Phi) is 6.67. The van der Waals surface area contributed by atoms with Crippen molar-refractivity contribution in [3.8, 4) is 11.1 Å². The van der Waals surface area contributed by atoms with Crippen LogP contribution in [0.3, 0.4) is 0 Å². The van der Waals surface area contributed by atoms with Gasteiger partial charge in [-0.1, -0.05) is 130 Å². The van der Waals surface area contributed by atoms with Gasteiger partial charge in [0.2, 0.25) is 0 Å². The van der Waals surface area contributed by atoms with Gasteiger partial charge in [-0.3, -0.25) is 0 Å². The molecule has 0 unspecified atom stereocenters. The molecule has 0 aromatic heterocycles. The molecular formula is C48H42N2. The average Bonchev–Trinajstić information content (AvgIpc) is 3.35. The smallest absolute Gasteiger partial charge is 0.0541 e. The zero-order chi connectivity index (χ0) is 34.4.